The number of anilines is 1. The zero-order valence-corrected chi connectivity index (χ0v) is 23.1. The molecule has 40 heavy (non-hydrogen) atoms. The largest absolute Gasteiger partial charge is 0.349 e. The minimum Gasteiger partial charge on any atom is -0.349 e. The molecule has 1 N–H and O–H groups in total. The first-order valence-electron chi connectivity index (χ1n) is 13.3. The molecule has 1 aromatic carbocycles. The van der Waals surface area contributed by atoms with Crippen LogP contribution >= 0.6 is 22.9 Å². The molecule has 7 nitrogen and oxygen atoms in total. The van der Waals surface area contributed by atoms with Crippen molar-refractivity contribution in [1.29, 1.82) is 0 Å². The quantitative estimate of drug-likeness (QED) is 0.417. The number of carbonyl (C=O) groups is 3. The van der Waals surface area contributed by atoms with Crippen molar-refractivity contribution in [3.63, 3.8) is 0 Å². The molecule has 3 aliphatic rings. The highest BCUT2D eigenvalue weighted by Gasteiger charge is 2.59. The molecule has 0 radical (unpaired) electrons. The van der Waals surface area contributed by atoms with Crippen LogP contribution in [0.4, 0.5) is 14.5 Å². The molecule has 0 atom stereocenters. The Morgan fingerprint density at radius 3 is 2.58 bits per heavy atom. The maximum Gasteiger partial charge on any atom is 0.281 e. The van der Waals surface area contributed by atoms with E-state index in [1.165, 1.54) is 17.4 Å². The van der Waals surface area contributed by atoms with E-state index in [0.29, 0.717) is 37.4 Å². The number of nitrogens with one attached hydrogen (secondary N) is 1. The number of benzene rings is 1. The zero-order valence-electron chi connectivity index (χ0n) is 21.5. The number of rotatable bonds is 6. The predicted molar refractivity (Wildman–Crippen MR) is 148 cm³/mol. The van der Waals surface area contributed by atoms with Crippen molar-refractivity contribution in [3.05, 3.63) is 80.8 Å². The Morgan fingerprint density at radius 1 is 1.12 bits per heavy atom. The Kier molecular flexibility index (Phi) is 7.08. The molecule has 208 valence electrons. The van der Waals surface area contributed by atoms with Gasteiger partial charge in [0, 0.05) is 37.6 Å². The van der Waals surface area contributed by atoms with E-state index in [1.54, 1.807) is 11.0 Å². The van der Waals surface area contributed by atoms with Crippen molar-refractivity contribution in [3.8, 4) is 0 Å². The van der Waals surface area contributed by atoms with Crippen LogP contribution in [0.25, 0.3) is 0 Å². The van der Waals surface area contributed by atoms with Crippen LogP contribution in [0.2, 0.25) is 5.02 Å². The van der Waals surface area contributed by atoms with Crippen molar-refractivity contribution in [1.82, 2.24) is 15.2 Å². The fourth-order valence-corrected chi connectivity index (χ4v) is 7.05. The first-order valence-corrected chi connectivity index (χ1v) is 14.5. The average molecular weight is 585 g/mol. The molecule has 1 saturated carbocycles. The third-order valence-corrected chi connectivity index (χ3v) is 9.33. The Bertz CT molecular complexity index is 1450. The Hall–Kier alpha value is -3.37. The minimum atomic E-state index is -2.88. The number of aromatic nitrogens is 1. The summed E-state index contributed by atoms with van der Waals surface area (Å²) in [5, 5.41) is 4.86. The van der Waals surface area contributed by atoms with Crippen LogP contribution in [0, 0.1) is 5.92 Å². The Morgan fingerprint density at radius 2 is 1.88 bits per heavy atom. The fourth-order valence-electron chi connectivity index (χ4n) is 6.20. The summed E-state index contributed by atoms with van der Waals surface area (Å²) in [7, 11) is 0. The van der Waals surface area contributed by atoms with Crippen molar-refractivity contribution in [2.75, 3.05) is 24.5 Å². The highest BCUT2D eigenvalue weighted by Crippen LogP contribution is 2.48. The molecule has 1 saturated heterocycles. The van der Waals surface area contributed by atoms with Gasteiger partial charge in [0.25, 0.3) is 18.2 Å². The van der Waals surface area contributed by atoms with E-state index in [1.807, 2.05) is 40.6 Å². The number of hydrogen-bond acceptors (Lipinski definition) is 5. The monoisotopic (exact) mass is 584 g/mol. The van der Waals surface area contributed by atoms with Crippen molar-refractivity contribution in [2.45, 2.75) is 43.6 Å². The van der Waals surface area contributed by atoms with Crippen LogP contribution in [0.15, 0.2) is 54.0 Å². The van der Waals surface area contributed by atoms with Crippen LogP contribution in [-0.4, -0.2) is 53.3 Å². The molecular formula is C29H27ClF2N4O3S. The Labute approximate surface area is 239 Å². The van der Waals surface area contributed by atoms with Crippen LogP contribution < -0.4 is 10.2 Å². The van der Waals surface area contributed by atoms with Gasteiger partial charge in [-0.25, -0.2) is 8.78 Å². The van der Waals surface area contributed by atoms with Gasteiger partial charge in [0.05, 0.1) is 15.5 Å². The van der Waals surface area contributed by atoms with Gasteiger partial charge in [0.1, 0.15) is 11.1 Å². The summed E-state index contributed by atoms with van der Waals surface area (Å²) in [5.74, 6) is -0.383. The van der Waals surface area contributed by atoms with Crippen LogP contribution in [0.1, 0.15) is 63.4 Å². The van der Waals surface area contributed by atoms with Crippen LogP contribution in [0.3, 0.4) is 0 Å². The first-order chi connectivity index (χ1) is 19.3. The highest BCUT2D eigenvalue weighted by atomic mass is 35.5. The summed E-state index contributed by atoms with van der Waals surface area (Å²) in [4.78, 5) is 47.4. The highest BCUT2D eigenvalue weighted by molar-refractivity contribution is 7.12. The number of hydrogen-bond donors (Lipinski definition) is 1. The maximum atomic E-state index is 13.8. The van der Waals surface area contributed by atoms with Gasteiger partial charge in [-0.2, -0.15) is 0 Å². The van der Waals surface area contributed by atoms with Gasteiger partial charge in [-0.15, -0.1) is 11.3 Å². The number of thiophene rings is 1. The number of pyridine rings is 1. The summed E-state index contributed by atoms with van der Waals surface area (Å²) < 4.78 is 26.7. The van der Waals surface area contributed by atoms with Gasteiger partial charge in [-0.1, -0.05) is 35.9 Å². The van der Waals surface area contributed by atoms with E-state index in [-0.39, 0.29) is 34.4 Å². The van der Waals surface area contributed by atoms with E-state index in [9.17, 15) is 23.2 Å². The zero-order chi connectivity index (χ0) is 28.0. The molecular weight excluding hydrogens is 558 g/mol. The molecule has 3 aromatic rings. The van der Waals surface area contributed by atoms with Crippen molar-refractivity contribution >= 4 is 46.3 Å². The third-order valence-electron chi connectivity index (χ3n) is 8.26. The Balaban J connectivity index is 1.09. The molecule has 1 aliphatic carbocycles. The van der Waals surface area contributed by atoms with E-state index in [2.05, 4.69) is 10.3 Å². The maximum absolute atomic E-state index is 13.8. The van der Waals surface area contributed by atoms with Gasteiger partial charge in [0.2, 0.25) is 5.91 Å². The lowest BCUT2D eigenvalue weighted by molar-refractivity contribution is -0.128. The van der Waals surface area contributed by atoms with Gasteiger partial charge in [-0.05, 0) is 60.7 Å². The molecule has 3 amide bonds. The normalized spacial score (nSPS) is 21.4. The van der Waals surface area contributed by atoms with Crippen molar-refractivity contribution in [2.24, 2.45) is 5.92 Å². The number of para-hydroxylation sites is 1. The fraction of sp³-hybridized carbons (Fsp3) is 0.379. The summed E-state index contributed by atoms with van der Waals surface area (Å²) in [6, 6.07) is 12.5. The van der Waals surface area contributed by atoms with Crippen molar-refractivity contribution < 1.29 is 23.2 Å². The average Bonchev–Trinajstić information content (AvgIpc) is 3.54. The second-order valence-corrected chi connectivity index (χ2v) is 12.1. The van der Waals surface area contributed by atoms with Gasteiger partial charge in [-0.3, -0.25) is 19.4 Å². The lowest BCUT2D eigenvalue weighted by atomic mass is 9.74. The lowest BCUT2D eigenvalue weighted by Crippen LogP contribution is -2.65. The predicted octanol–water partition coefficient (Wildman–Crippen LogP) is 5.46. The third kappa shape index (κ3) is 4.66. The SMILES string of the molecule is O=C(N[C@H]1CC[C@H](CN2C(=O)C3(CN(C(=O)c4cccs4)C3)c3ccccc32)CC1)c1cc(Cl)cnc1C(F)F. The second-order valence-electron chi connectivity index (χ2n) is 10.7. The molecule has 2 fully saturated rings. The second kappa shape index (κ2) is 10.6. The smallest absolute Gasteiger partial charge is 0.281 e. The summed E-state index contributed by atoms with van der Waals surface area (Å²) >= 11 is 7.30. The molecule has 6 rings (SSSR count). The van der Waals surface area contributed by atoms with E-state index in [4.69, 9.17) is 11.6 Å². The van der Waals surface area contributed by atoms with Crippen LogP contribution in [0.5, 0.6) is 0 Å². The molecule has 4 heterocycles. The number of amides is 3. The standard InChI is InChI=1S/C29H27ClF2N4O3S/c30-18-12-20(24(25(31)32)33-13-18)26(37)34-19-9-7-17(8-10-19)14-36-22-5-2-1-4-21(22)29(28(36)39)15-35(16-29)27(38)23-6-3-11-40-23/h1-6,11-13,17,19,25H,7-10,14-16H2,(H,34,37)/t17-,19-. The topological polar surface area (TPSA) is 82.6 Å². The number of halogens is 3. The number of alkyl halides is 2. The van der Waals surface area contributed by atoms with Gasteiger partial charge < -0.3 is 15.1 Å². The first kappa shape index (κ1) is 26.8. The number of fused-ring (bicyclic) bond motifs is 2. The molecule has 11 heteroatoms. The van der Waals surface area contributed by atoms with Crippen LogP contribution in [-0.2, 0) is 10.2 Å². The van der Waals surface area contributed by atoms with E-state index >= 15 is 0 Å². The number of nitrogens with zero attached hydrogens (tertiary/aromatic N) is 3. The van der Waals surface area contributed by atoms with Gasteiger partial charge in [0.15, 0.2) is 0 Å². The summed E-state index contributed by atoms with van der Waals surface area (Å²) in [6.07, 6.45) is 1.13. The lowest BCUT2D eigenvalue weighted by Gasteiger charge is -2.46. The summed E-state index contributed by atoms with van der Waals surface area (Å²) in [6.45, 7) is 1.30. The molecule has 0 unspecified atom stereocenters. The van der Waals surface area contributed by atoms with E-state index < -0.39 is 23.4 Å². The minimum absolute atomic E-state index is 0.0346. The molecule has 0 bridgehead atoms. The molecule has 2 aliphatic heterocycles. The van der Waals surface area contributed by atoms with E-state index in [0.717, 1.165) is 30.3 Å². The summed E-state index contributed by atoms with van der Waals surface area (Å²) in [5.41, 5.74) is 0.381. The number of likely N-dealkylation sites (tertiary alicyclic amines) is 1. The number of carbonyl (C=O) groups excluding carboxylic acids is 3. The molecule has 1 spiro atoms. The molecule has 2 aromatic heterocycles. The van der Waals surface area contributed by atoms with Gasteiger partial charge >= 0.3 is 0 Å².